The van der Waals surface area contributed by atoms with Crippen LogP contribution in [0.4, 0.5) is 0 Å². The molecule has 2 atom stereocenters. The second-order valence-corrected chi connectivity index (χ2v) is 8.90. The zero-order chi connectivity index (χ0) is 24.4. The van der Waals surface area contributed by atoms with Crippen molar-refractivity contribution in [3.63, 3.8) is 0 Å². The summed E-state index contributed by atoms with van der Waals surface area (Å²) >= 11 is 0. The lowest BCUT2D eigenvalue weighted by molar-refractivity contribution is -0.185. The van der Waals surface area contributed by atoms with Gasteiger partial charge in [0.1, 0.15) is 0 Å². The van der Waals surface area contributed by atoms with E-state index in [1.807, 2.05) is 0 Å². The molecular weight excluding hydrogens is 420 g/mol. The number of hydrogen-bond donors (Lipinski definition) is 0. The molecule has 200 valence electrons. The van der Waals surface area contributed by atoms with Crippen LogP contribution >= 0.6 is 0 Å². The third-order valence-electron chi connectivity index (χ3n) is 5.76. The van der Waals surface area contributed by atoms with Crippen molar-refractivity contribution in [1.29, 1.82) is 0 Å². The molecule has 0 spiro atoms. The lowest BCUT2D eigenvalue weighted by atomic mass is 9.89. The van der Waals surface area contributed by atoms with Crippen LogP contribution in [-0.4, -0.2) is 72.4 Å². The smallest absolute Gasteiger partial charge is 0.160 e. The predicted octanol–water partition coefficient (Wildman–Crippen LogP) is 6.25. The Hall–Kier alpha value is -0.240. The molecule has 6 heteroatoms. The Bertz CT molecular complexity index is 347. The summed E-state index contributed by atoms with van der Waals surface area (Å²) in [6, 6.07) is 0. The van der Waals surface area contributed by atoms with E-state index >= 15 is 0 Å². The molecule has 0 saturated carbocycles. The van der Waals surface area contributed by atoms with Gasteiger partial charge in [-0.25, -0.2) is 0 Å². The monoisotopic (exact) mass is 476 g/mol. The number of hydrogen-bond acceptors (Lipinski definition) is 6. The van der Waals surface area contributed by atoms with Crippen molar-refractivity contribution in [3.8, 4) is 0 Å². The predicted molar refractivity (Wildman–Crippen MR) is 136 cm³/mol. The molecule has 0 saturated heterocycles. The van der Waals surface area contributed by atoms with E-state index in [-0.39, 0.29) is 6.29 Å². The average molecular weight is 477 g/mol. The number of ether oxygens (including phenoxy) is 6. The van der Waals surface area contributed by atoms with E-state index < -0.39 is 0 Å². The molecule has 0 amide bonds. The maximum absolute atomic E-state index is 6.10. The third-order valence-corrected chi connectivity index (χ3v) is 5.76. The molecule has 0 aromatic carbocycles. The molecule has 33 heavy (non-hydrogen) atoms. The fourth-order valence-corrected chi connectivity index (χ4v) is 3.58. The molecule has 0 fully saturated rings. The van der Waals surface area contributed by atoms with Crippen molar-refractivity contribution in [2.24, 2.45) is 11.8 Å². The normalized spacial score (nSPS) is 13.6. The molecule has 0 N–H and O–H groups in total. The van der Waals surface area contributed by atoms with E-state index in [1.165, 1.54) is 25.7 Å². The first-order valence-electron chi connectivity index (χ1n) is 13.7. The van der Waals surface area contributed by atoms with Crippen molar-refractivity contribution < 1.29 is 28.4 Å². The zero-order valence-corrected chi connectivity index (χ0v) is 22.6. The van der Waals surface area contributed by atoms with E-state index in [1.54, 1.807) is 0 Å². The summed E-state index contributed by atoms with van der Waals surface area (Å²) in [5.41, 5.74) is 0. The van der Waals surface area contributed by atoms with Gasteiger partial charge >= 0.3 is 0 Å². The molecule has 0 aromatic rings. The van der Waals surface area contributed by atoms with Gasteiger partial charge in [0.2, 0.25) is 0 Å². The van der Waals surface area contributed by atoms with Crippen LogP contribution in [0.2, 0.25) is 0 Å². The summed E-state index contributed by atoms with van der Waals surface area (Å²) in [6.45, 7) is 17.4. The Balaban J connectivity index is 4.21. The molecule has 0 aromatic heterocycles. The van der Waals surface area contributed by atoms with Gasteiger partial charge < -0.3 is 28.4 Å². The highest BCUT2D eigenvalue weighted by Crippen LogP contribution is 2.25. The van der Waals surface area contributed by atoms with Crippen molar-refractivity contribution in [1.82, 2.24) is 0 Å². The maximum Gasteiger partial charge on any atom is 0.160 e. The van der Waals surface area contributed by atoms with Gasteiger partial charge in [0.05, 0.1) is 52.9 Å². The molecule has 6 nitrogen and oxygen atoms in total. The summed E-state index contributed by atoms with van der Waals surface area (Å²) in [7, 11) is 0. The van der Waals surface area contributed by atoms with Crippen LogP contribution in [0.1, 0.15) is 92.4 Å². The average Bonchev–Trinajstić information content (AvgIpc) is 2.82. The van der Waals surface area contributed by atoms with Gasteiger partial charge in [-0.1, -0.05) is 73.1 Å². The standard InChI is InChI=1S/C27H56O6/c1-6-10-13-26(9-4)24-25(5)27(32-22-20-30-18-16-28-14-11-7-2)33-23-21-31-19-17-29-15-12-8-3/h25-27H,6-24H2,1-5H3. The largest absolute Gasteiger partial charge is 0.379 e. The molecule has 0 aliphatic carbocycles. The molecular formula is C27H56O6. The minimum absolute atomic E-state index is 0.227. The van der Waals surface area contributed by atoms with Crippen LogP contribution in [0.25, 0.3) is 0 Å². The van der Waals surface area contributed by atoms with Crippen LogP contribution in [0, 0.1) is 11.8 Å². The first-order valence-corrected chi connectivity index (χ1v) is 13.7. The number of rotatable bonds is 27. The molecule has 0 aliphatic rings. The summed E-state index contributed by atoms with van der Waals surface area (Å²) in [6.07, 6.45) is 10.5. The first-order chi connectivity index (χ1) is 16.2. The Morgan fingerprint density at radius 1 is 0.515 bits per heavy atom. The number of unbranched alkanes of at least 4 members (excludes halogenated alkanes) is 3. The quantitative estimate of drug-likeness (QED) is 0.103. The molecule has 2 unspecified atom stereocenters. The Morgan fingerprint density at radius 2 is 0.939 bits per heavy atom. The van der Waals surface area contributed by atoms with Crippen LogP contribution in [0.15, 0.2) is 0 Å². The van der Waals surface area contributed by atoms with Gasteiger partial charge in [0, 0.05) is 19.1 Å². The lowest BCUT2D eigenvalue weighted by Gasteiger charge is -2.27. The topological polar surface area (TPSA) is 55.4 Å². The minimum atomic E-state index is -0.227. The van der Waals surface area contributed by atoms with Gasteiger partial charge in [0.15, 0.2) is 6.29 Å². The fraction of sp³-hybridized carbons (Fsp3) is 1.00. The van der Waals surface area contributed by atoms with E-state index in [2.05, 4.69) is 34.6 Å². The summed E-state index contributed by atoms with van der Waals surface area (Å²) in [5.74, 6) is 1.06. The molecule has 0 bridgehead atoms. The van der Waals surface area contributed by atoms with Crippen LogP contribution in [0.5, 0.6) is 0 Å². The lowest BCUT2D eigenvalue weighted by Crippen LogP contribution is -2.30. The maximum atomic E-state index is 6.10. The summed E-state index contributed by atoms with van der Waals surface area (Å²) in [4.78, 5) is 0. The van der Waals surface area contributed by atoms with Crippen molar-refractivity contribution in [2.75, 3.05) is 66.1 Å². The van der Waals surface area contributed by atoms with Gasteiger partial charge in [-0.05, 0) is 25.2 Å². The molecule has 0 heterocycles. The van der Waals surface area contributed by atoms with Gasteiger partial charge in [-0.15, -0.1) is 0 Å². The van der Waals surface area contributed by atoms with Crippen molar-refractivity contribution >= 4 is 0 Å². The second-order valence-electron chi connectivity index (χ2n) is 8.90. The first kappa shape index (κ1) is 32.8. The minimum Gasteiger partial charge on any atom is -0.379 e. The molecule has 0 rings (SSSR count). The van der Waals surface area contributed by atoms with Crippen LogP contribution in [0.3, 0.4) is 0 Å². The van der Waals surface area contributed by atoms with Crippen LogP contribution < -0.4 is 0 Å². The summed E-state index contributed by atoms with van der Waals surface area (Å²) in [5, 5.41) is 0. The van der Waals surface area contributed by atoms with Crippen molar-refractivity contribution in [3.05, 3.63) is 0 Å². The molecule has 0 aliphatic heterocycles. The Kier molecular flexibility index (Phi) is 26.2. The summed E-state index contributed by atoms with van der Waals surface area (Å²) < 4.78 is 34.6. The van der Waals surface area contributed by atoms with E-state index in [9.17, 15) is 0 Å². The zero-order valence-electron chi connectivity index (χ0n) is 22.6. The van der Waals surface area contributed by atoms with Crippen LogP contribution in [-0.2, 0) is 28.4 Å². The highest BCUT2D eigenvalue weighted by atomic mass is 16.7. The highest BCUT2D eigenvalue weighted by Gasteiger charge is 2.22. The Labute approximate surface area is 205 Å². The van der Waals surface area contributed by atoms with Gasteiger partial charge in [0.25, 0.3) is 0 Å². The third kappa shape index (κ3) is 22.0. The highest BCUT2D eigenvalue weighted by molar-refractivity contribution is 4.66. The van der Waals surface area contributed by atoms with E-state index in [0.717, 1.165) is 51.2 Å². The van der Waals surface area contributed by atoms with E-state index in [0.29, 0.717) is 58.8 Å². The van der Waals surface area contributed by atoms with E-state index in [4.69, 9.17) is 28.4 Å². The second kappa shape index (κ2) is 26.4. The fourth-order valence-electron chi connectivity index (χ4n) is 3.58. The van der Waals surface area contributed by atoms with Gasteiger partial charge in [-0.3, -0.25) is 0 Å². The Morgan fingerprint density at radius 3 is 1.36 bits per heavy atom. The molecule has 0 radical (unpaired) electrons. The SMILES string of the molecule is CCCCOCCOCCOC(OCCOCCOCCCC)C(C)CC(CC)CCCC. The van der Waals surface area contributed by atoms with Gasteiger partial charge in [-0.2, -0.15) is 0 Å². The van der Waals surface area contributed by atoms with Crippen molar-refractivity contribution in [2.45, 2.75) is 98.7 Å².